The molecule has 3 aromatic rings. The van der Waals surface area contributed by atoms with Crippen molar-refractivity contribution in [2.24, 2.45) is 0 Å². The summed E-state index contributed by atoms with van der Waals surface area (Å²) in [4.78, 5) is 36.0. The van der Waals surface area contributed by atoms with Crippen LogP contribution in [0.15, 0.2) is 50.4 Å². The molecule has 1 amide bonds. The Morgan fingerprint density at radius 3 is 2.96 bits per heavy atom. The Kier molecular flexibility index (Phi) is 3.68. The molecule has 25 heavy (non-hydrogen) atoms. The number of nitrogens with one attached hydrogen (secondary N) is 2. The van der Waals surface area contributed by atoms with Crippen molar-refractivity contribution in [1.82, 2.24) is 15.5 Å². The van der Waals surface area contributed by atoms with Crippen LogP contribution in [0.3, 0.4) is 0 Å². The quantitative estimate of drug-likeness (QED) is 0.683. The lowest BCUT2D eigenvalue weighted by Gasteiger charge is -2.24. The largest absolute Gasteiger partial charge is 0.422 e. The molecule has 7 heteroatoms. The molecule has 0 saturated heterocycles. The molecule has 1 aromatic carbocycles. The number of fused-ring (bicyclic) bond motifs is 2. The Labute approximate surface area is 141 Å². The number of H-pyrrole nitrogens is 1. The predicted molar refractivity (Wildman–Crippen MR) is 90.6 cm³/mol. The van der Waals surface area contributed by atoms with Gasteiger partial charge in [-0.05, 0) is 37.0 Å². The third-order valence-corrected chi connectivity index (χ3v) is 4.39. The molecule has 7 nitrogen and oxygen atoms in total. The number of benzene rings is 1. The molecule has 126 valence electrons. The first-order valence-electron chi connectivity index (χ1n) is 8.01. The Bertz CT molecular complexity index is 1080. The fraction of sp³-hybridized carbons (Fsp3) is 0.222. The summed E-state index contributed by atoms with van der Waals surface area (Å²) < 4.78 is 5.20. The molecule has 2 heterocycles. The summed E-state index contributed by atoms with van der Waals surface area (Å²) in [6, 6.07) is 9.93. The standard InChI is InChI=1S/C18H15N3O4/c22-16-9-11-7-12(5-6-14(11)20-21-16)19-17(23)13-8-10-3-1-2-4-15(10)25-18(13)24/h1-4,8-9,12H,5-7H2,(H,19,23)(H,21,22). The molecule has 1 atom stereocenters. The van der Waals surface area contributed by atoms with Gasteiger partial charge in [-0.3, -0.25) is 9.59 Å². The molecule has 1 aliphatic rings. The van der Waals surface area contributed by atoms with Crippen LogP contribution in [0.25, 0.3) is 11.0 Å². The molecule has 2 aromatic heterocycles. The van der Waals surface area contributed by atoms with Crippen LogP contribution in [0.5, 0.6) is 0 Å². The predicted octanol–water partition coefficient (Wildman–Crippen LogP) is 1.16. The number of para-hydroxylation sites is 1. The molecule has 0 fully saturated rings. The molecular weight excluding hydrogens is 322 g/mol. The third-order valence-electron chi connectivity index (χ3n) is 4.39. The van der Waals surface area contributed by atoms with Gasteiger partial charge in [-0.25, -0.2) is 9.89 Å². The number of hydrogen-bond donors (Lipinski definition) is 2. The smallest absolute Gasteiger partial charge is 0.349 e. The van der Waals surface area contributed by atoms with Crippen LogP contribution < -0.4 is 16.5 Å². The van der Waals surface area contributed by atoms with E-state index in [4.69, 9.17) is 4.42 Å². The van der Waals surface area contributed by atoms with Gasteiger partial charge in [-0.15, -0.1) is 0 Å². The zero-order valence-corrected chi connectivity index (χ0v) is 13.2. The summed E-state index contributed by atoms with van der Waals surface area (Å²) in [5.41, 5.74) is 1.17. The van der Waals surface area contributed by atoms with E-state index in [2.05, 4.69) is 15.5 Å². The fourth-order valence-corrected chi connectivity index (χ4v) is 3.15. The lowest BCUT2D eigenvalue weighted by Crippen LogP contribution is -2.41. The molecule has 4 rings (SSSR count). The van der Waals surface area contributed by atoms with E-state index in [1.54, 1.807) is 24.3 Å². The summed E-state index contributed by atoms with van der Waals surface area (Å²) in [6.45, 7) is 0. The minimum Gasteiger partial charge on any atom is -0.422 e. The van der Waals surface area contributed by atoms with Gasteiger partial charge < -0.3 is 9.73 Å². The lowest BCUT2D eigenvalue weighted by molar-refractivity contribution is 0.0930. The van der Waals surface area contributed by atoms with Crippen LogP contribution in [0.1, 0.15) is 28.0 Å². The van der Waals surface area contributed by atoms with Crippen molar-refractivity contribution in [3.63, 3.8) is 0 Å². The van der Waals surface area contributed by atoms with Crippen LogP contribution in [-0.2, 0) is 12.8 Å². The maximum atomic E-state index is 12.5. The van der Waals surface area contributed by atoms with E-state index in [9.17, 15) is 14.4 Å². The summed E-state index contributed by atoms with van der Waals surface area (Å²) in [5.74, 6) is -0.467. The Morgan fingerprint density at radius 2 is 2.08 bits per heavy atom. The zero-order chi connectivity index (χ0) is 17.4. The summed E-state index contributed by atoms with van der Waals surface area (Å²) in [5, 5.41) is 10.00. The summed E-state index contributed by atoms with van der Waals surface area (Å²) in [7, 11) is 0. The second-order valence-electron chi connectivity index (χ2n) is 6.10. The maximum Gasteiger partial charge on any atom is 0.349 e. The second kappa shape index (κ2) is 6.01. The molecule has 0 saturated carbocycles. The summed E-state index contributed by atoms with van der Waals surface area (Å²) >= 11 is 0. The number of carbonyl (C=O) groups is 1. The van der Waals surface area contributed by atoms with Gasteiger partial charge in [0.2, 0.25) is 0 Å². The number of aryl methyl sites for hydroxylation is 1. The van der Waals surface area contributed by atoms with Gasteiger partial charge in [-0.1, -0.05) is 18.2 Å². The van der Waals surface area contributed by atoms with Crippen molar-refractivity contribution in [3.8, 4) is 0 Å². The van der Waals surface area contributed by atoms with E-state index in [0.29, 0.717) is 30.2 Å². The Balaban J connectivity index is 1.57. The summed E-state index contributed by atoms with van der Waals surface area (Å²) in [6.07, 6.45) is 1.86. The molecule has 0 bridgehead atoms. The number of carbonyl (C=O) groups excluding carboxylic acids is 1. The van der Waals surface area contributed by atoms with Crippen LogP contribution in [0.4, 0.5) is 0 Å². The number of hydrogen-bond acceptors (Lipinski definition) is 5. The van der Waals surface area contributed by atoms with E-state index in [1.165, 1.54) is 6.07 Å². The second-order valence-corrected chi connectivity index (χ2v) is 6.10. The van der Waals surface area contributed by atoms with E-state index in [0.717, 1.165) is 11.3 Å². The van der Waals surface area contributed by atoms with Gasteiger partial charge in [0.05, 0.1) is 5.69 Å². The van der Waals surface area contributed by atoms with Crippen molar-refractivity contribution in [2.75, 3.05) is 0 Å². The van der Waals surface area contributed by atoms with Gasteiger partial charge in [-0.2, -0.15) is 5.10 Å². The number of aromatic nitrogens is 2. The van der Waals surface area contributed by atoms with Gasteiger partial charge in [0.25, 0.3) is 11.5 Å². The average molecular weight is 337 g/mol. The van der Waals surface area contributed by atoms with Crippen molar-refractivity contribution < 1.29 is 9.21 Å². The first-order valence-corrected chi connectivity index (χ1v) is 8.01. The monoisotopic (exact) mass is 337 g/mol. The SMILES string of the molecule is O=C(NC1CCc2n[nH]c(=O)cc2C1)c1cc2ccccc2oc1=O. The van der Waals surface area contributed by atoms with Gasteiger partial charge in [0.15, 0.2) is 0 Å². The topological polar surface area (TPSA) is 105 Å². The van der Waals surface area contributed by atoms with E-state index in [-0.39, 0.29) is 17.2 Å². The number of amides is 1. The van der Waals surface area contributed by atoms with Crippen molar-refractivity contribution in [3.05, 3.63) is 74.0 Å². The van der Waals surface area contributed by atoms with Gasteiger partial charge in [0.1, 0.15) is 11.1 Å². The highest BCUT2D eigenvalue weighted by molar-refractivity contribution is 5.96. The van der Waals surface area contributed by atoms with Gasteiger partial charge in [0, 0.05) is 17.5 Å². The Morgan fingerprint density at radius 1 is 1.24 bits per heavy atom. The molecular formula is C18H15N3O4. The lowest BCUT2D eigenvalue weighted by atomic mass is 9.92. The minimum absolute atomic E-state index is 0.0199. The first kappa shape index (κ1) is 15.3. The van der Waals surface area contributed by atoms with Crippen LogP contribution >= 0.6 is 0 Å². The first-order chi connectivity index (χ1) is 12.1. The van der Waals surface area contributed by atoms with E-state index >= 15 is 0 Å². The molecule has 1 aliphatic carbocycles. The molecule has 2 N–H and O–H groups in total. The van der Waals surface area contributed by atoms with Crippen molar-refractivity contribution in [2.45, 2.75) is 25.3 Å². The molecule has 0 spiro atoms. The average Bonchev–Trinajstić information content (AvgIpc) is 2.60. The van der Waals surface area contributed by atoms with Crippen LogP contribution in [-0.4, -0.2) is 22.1 Å². The fourth-order valence-electron chi connectivity index (χ4n) is 3.15. The highest BCUT2D eigenvalue weighted by Crippen LogP contribution is 2.18. The normalized spacial score (nSPS) is 16.4. The van der Waals surface area contributed by atoms with Crippen molar-refractivity contribution >= 4 is 16.9 Å². The van der Waals surface area contributed by atoms with E-state index < -0.39 is 11.5 Å². The number of nitrogens with zero attached hydrogens (tertiary/aromatic N) is 1. The number of rotatable bonds is 2. The molecule has 1 unspecified atom stereocenters. The van der Waals surface area contributed by atoms with Gasteiger partial charge >= 0.3 is 5.63 Å². The highest BCUT2D eigenvalue weighted by atomic mass is 16.4. The number of aromatic amines is 1. The van der Waals surface area contributed by atoms with E-state index in [1.807, 2.05) is 6.07 Å². The van der Waals surface area contributed by atoms with Crippen LogP contribution in [0, 0.1) is 0 Å². The zero-order valence-electron chi connectivity index (χ0n) is 13.2. The maximum absolute atomic E-state index is 12.5. The highest BCUT2D eigenvalue weighted by Gasteiger charge is 2.23. The minimum atomic E-state index is -0.662. The third kappa shape index (κ3) is 2.96. The Hall–Kier alpha value is -3.22. The molecule has 0 aliphatic heterocycles. The van der Waals surface area contributed by atoms with Crippen LogP contribution in [0.2, 0.25) is 0 Å². The van der Waals surface area contributed by atoms with Crippen molar-refractivity contribution in [1.29, 1.82) is 0 Å². The molecule has 0 radical (unpaired) electrons.